The monoisotopic (exact) mass is 517 g/mol. The molecule has 202 valence electrons. The minimum Gasteiger partial charge on any atom is -0.494 e. The number of likely N-dealkylation sites (tertiary alicyclic amines) is 1. The van der Waals surface area contributed by atoms with Crippen LogP contribution in [0.4, 0.5) is 20.8 Å². The van der Waals surface area contributed by atoms with Gasteiger partial charge in [-0.2, -0.15) is 5.10 Å². The van der Waals surface area contributed by atoms with E-state index in [9.17, 15) is 19.8 Å². The number of amides is 1. The van der Waals surface area contributed by atoms with Crippen molar-refractivity contribution in [1.29, 1.82) is 0 Å². The van der Waals surface area contributed by atoms with Crippen LogP contribution in [0.1, 0.15) is 64.4 Å². The molecule has 37 heavy (non-hydrogen) atoms. The summed E-state index contributed by atoms with van der Waals surface area (Å²) in [5.74, 6) is -0.964. The summed E-state index contributed by atoms with van der Waals surface area (Å²) in [7, 11) is 0. The van der Waals surface area contributed by atoms with Crippen molar-refractivity contribution < 1.29 is 28.9 Å². The van der Waals surface area contributed by atoms with Gasteiger partial charge < -0.3 is 25.2 Å². The molecule has 11 heteroatoms. The van der Waals surface area contributed by atoms with Gasteiger partial charge in [0.05, 0.1) is 28.8 Å². The second-order valence-electron chi connectivity index (χ2n) is 10.6. The van der Waals surface area contributed by atoms with Gasteiger partial charge in [-0.25, -0.2) is 14.2 Å². The van der Waals surface area contributed by atoms with E-state index in [0.717, 1.165) is 5.69 Å². The summed E-state index contributed by atoms with van der Waals surface area (Å²) in [4.78, 5) is 29.6. The number of aryl methyl sites for hydroxylation is 1. The number of pyridine rings is 1. The lowest BCUT2D eigenvalue weighted by Crippen LogP contribution is -2.51. The second kappa shape index (κ2) is 10.4. The molecule has 2 unspecified atom stereocenters. The summed E-state index contributed by atoms with van der Waals surface area (Å²) < 4.78 is 23.0. The minimum atomic E-state index is -1.38. The number of carboxylic acid groups (broad SMARTS) is 2. The molecule has 0 spiro atoms. The number of nitrogens with zero attached hydrogens (tertiary/aromatic N) is 4. The highest BCUT2D eigenvalue weighted by Crippen LogP contribution is 2.40. The van der Waals surface area contributed by atoms with Crippen LogP contribution in [-0.4, -0.2) is 61.1 Å². The number of halogens is 1. The number of carbonyl (C=O) groups is 2. The first-order valence-corrected chi connectivity index (χ1v) is 12.3. The first-order valence-electron chi connectivity index (χ1n) is 12.3. The Morgan fingerprint density at radius 3 is 2.49 bits per heavy atom. The molecular formula is C26H36FN5O5. The van der Waals surface area contributed by atoms with Gasteiger partial charge in [0.2, 0.25) is 0 Å². The Hall–Kier alpha value is -3.63. The summed E-state index contributed by atoms with van der Waals surface area (Å²) in [6.45, 7) is 15.5. The predicted octanol–water partition coefficient (Wildman–Crippen LogP) is 5.01. The smallest absolute Gasteiger partial charge is 0.407 e. The van der Waals surface area contributed by atoms with E-state index in [1.807, 2.05) is 38.4 Å². The Kier molecular flexibility index (Phi) is 7.85. The first kappa shape index (κ1) is 27.9. The van der Waals surface area contributed by atoms with Crippen molar-refractivity contribution in [3.63, 3.8) is 0 Å². The van der Waals surface area contributed by atoms with Gasteiger partial charge in [0.15, 0.2) is 11.6 Å². The Labute approximate surface area is 216 Å². The molecular weight excluding hydrogens is 481 g/mol. The second-order valence-corrected chi connectivity index (χ2v) is 10.6. The number of hydrogen-bond acceptors (Lipinski definition) is 6. The van der Waals surface area contributed by atoms with Gasteiger partial charge in [-0.15, -0.1) is 0 Å². The number of ether oxygens (including phenoxy) is 1. The maximum Gasteiger partial charge on any atom is 0.407 e. The van der Waals surface area contributed by atoms with Crippen molar-refractivity contribution in [2.45, 2.75) is 72.4 Å². The molecule has 0 bridgehead atoms. The van der Waals surface area contributed by atoms with Gasteiger partial charge in [-0.3, -0.25) is 9.48 Å². The van der Waals surface area contributed by atoms with Crippen LogP contribution in [0.5, 0.6) is 0 Å². The Morgan fingerprint density at radius 1 is 1.30 bits per heavy atom. The maximum atomic E-state index is 15.7. The minimum absolute atomic E-state index is 0.0321. The van der Waals surface area contributed by atoms with E-state index in [2.05, 4.69) is 22.0 Å². The van der Waals surface area contributed by atoms with Gasteiger partial charge in [0.25, 0.3) is 0 Å². The van der Waals surface area contributed by atoms with E-state index in [0.29, 0.717) is 5.82 Å². The molecule has 3 N–H and O–H groups in total. The lowest BCUT2D eigenvalue weighted by molar-refractivity contribution is -0.153. The first-order chi connectivity index (χ1) is 17.2. The zero-order valence-corrected chi connectivity index (χ0v) is 22.3. The van der Waals surface area contributed by atoms with Gasteiger partial charge in [0, 0.05) is 30.8 Å². The summed E-state index contributed by atoms with van der Waals surface area (Å²) in [6.07, 6.45) is -1.26. The van der Waals surface area contributed by atoms with Crippen LogP contribution in [0.3, 0.4) is 0 Å². The zero-order chi connectivity index (χ0) is 27.7. The van der Waals surface area contributed by atoms with Crippen LogP contribution >= 0.6 is 0 Å². The molecule has 1 saturated heterocycles. The average molecular weight is 518 g/mol. The summed E-state index contributed by atoms with van der Waals surface area (Å²) in [5, 5.41) is 27.3. The molecule has 2 aromatic heterocycles. The number of rotatable bonds is 8. The van der Waals surface area contributed by atoms with Crippen molar-refractivity contribution >= 4 is 29.5 Å². The third kappa shape index (κ3) is 5.86. The highest BCUT2D eigenvalue weighted by Gasteiger charge is 2.46. The van der Waals surface area contributed by atoms with E-state index in [-0.39, 0.29) is 60.8 Å². The lowest BCUT2D eigenvalue weighted by atomic mass is 9.72. The van der Waals surface area contributed by atoms with E-state index in [1.54, 1.807) is 13.8 Å². The van der Waals surface area contributed by atoms with Crippen molar-refractivity contribution in [3.05, 3.63) is 41.5 Å². The summed E-state index contributed by atoms with van der Waals surface area (Å²) in [6, 6.07) is 2.76. The Morgan fingerprint density at radius 2 is 1.97 bits per heavy atom. The number of nitrogens with one attached hydrogen (secondary N) is 1. The molecule has 0 radical (unpaired) electrons. The molecule has 2 atom stereocenters. The largest absolute Gasteiger partial charge is 0.494 e. The van der Waals surface area contributed by atoms with E-state index in [1.165, 1.54) is 11.0 Å². The molecule has 0 aromatic carbocycles. The number of aromatic nitrogens is 3. The van der Waals surface area contributed by atoms with Crippen molar-refractivity contribution in [2.24, 2.45) is 5.41 Å². The fourth-order valence-corrected chi connectivity index (χ4v) is 4.93. The SMILES string of the molecule is C=C(OCC)c1cc(Nc2cc(C)n(C(C)(C)C)n2)nc(CC2(C(=O)O)CCN(C(=O)O)C(C)C2)c1F. The van der Waals surface area contributed by atoms with Crippen LogP contribution in [0, 0.1) is 18.2 Å². The molecule has 3 heterocycles. The highest BCUT2D eigenvalue weighted by molar-refractivity contribution is 5.76. The van der Waals surface area contributed by atoms with Crippen LogP contribution in [0.2, 0.25) is 0 Å². The average Bonchev–Trinajstić information content (AvgIpc) is 3.16. The third-order valence-electron chi connectivity index (χ3n) is 6.68. The number of hydrogen-bond donors (Lipinski definition) is 3. The number of anilines is 2. The summed E-state index contributed by atoms with van der Waals surface area (Å²) in [5.41, 5.74) is -0.717. The van der Waals surface area contributed by atoms with Gasteiger partial charge in [-0.1, -0.05) is 6.58 Å². The zero-order valence-electron chi connectivity index (χ0n) is 22.3. The Bertz CT molecular complexity index is 1200. The quantitative estimate of drug-likeness (QED) is 0.417. The number of piperidine rings is 1. The highest BCUT2D eigenvalue weighted by atomic mass is 19.1. The molecule has 1 amide bonds. The van der Waals surface area contributed by atoms with Crippen molar-refractivity contribution in [2.75, 3.05) is 18.5 Å². The van der Waals surface area contributed by atoms with Crippen molar-refractivity contribution in [3.8, 4) is 0 Å². The molecule has 0 aliphatic carbocycles. The van der Waals surface area contributed by atoms with Gasteiger partial charge in [0.1, 0.15) is 11.6 Å². The number of aliphatic carboxylic acids is 1. The van der Waals surface area contributed by atoms with E-state index < -0.39 is 29.3 Å². The fourth-order valence-electron chi connectivity index (χ4n) is 4.93. The molecule has 10 nitrogen and oxygen atoms in total. The normalized spacial score (nSPS) is 20.0. The maximum absolute atomic E-state index is 15.7. The predicted molar refractivity (Wildman–Crippen MR) is 137 cm³/mol. The van der Waals surface area contributed by atoms with E-state index >= 15 is 4.39 Å². The number of carboxylic acids is 1. The van der Waals surface area contributed by atoms with Gasteiger partial charge in [-0.05, 0) is 60.5 Å². The molecule has 1 aliphatic rings. The van der Waals surface area contributed by atoms with Crippen LogP contribution in [0.25, 0.3) is 5.76 Å². The lowest BCUT2D eigenvalue weighted by Gasteiger charge is -2.42. The standard InChI is InChI=1S/C26H36FN5O5/c1-8-37-17(4)18-12-20(29-21-11-15(2)32(30-21)25(5,6)7)28-19(22(18)27)14-26(23(33)34)9-10-31(24(35)36)16(3)13-26/h11-12,16H,4,8-10,13-14H2,1-3,5-7H3,(H,33,34)(H,35,36)(H,28,29,30). The molecule has 1 aliphatic heterocycles. The topological polar surface area (TPSA) is 130 Å². The third-order valence-corrected chi connectivity index (χ3v) is 6.68. The molecule has 0 saturated carbocycles. The fraction of sp³-hybridized carbons (Fsp3) is 0.538. The van der Waals surface area contributed by atoms with Gasteiger partial charge >= 0.3 is 12.1 Å². The van der Waals surface area contributed by atoms with Crippen LogP contribution in [-0.2, 0) is 21.5 Å². The summed E-state index contributed by atoms with van der Waals surface area (Å²) >= 11 is 0. The Balaban J connectivity index is 2.04. The molecule has 1 fully saturated rings. The van der Waals surface area contributed by atoms with Crippen LogP contribution < -0.4 is 5.32 Å². The van der Waals surface area contributed by atoms with Crippen LogP contribution in [0.15, 0.2) is 18.7 Å². The molecule has 3 rings (SSSR count). The van der Waals surface area contributed by atoms with Crippen molar-refractivity contribution in [1.82, 2.24) is 19.7 Å². The van der Waals surface area contributed by atoms with E-state index in [4.69, 9.17) is 4.74 Å². The molecule has 2 aromatic rings.